The Morgan fingerprint density at radius 1 is 0.791 bits per heavy atom. The fraction of sp³-hybridized carbons (Fsp3) is 0.324. The Balaban J connectivity index is 1.38. The lowest BCUT2D eigenvalue weighted by Crippen LogP contribution is -2.49. The van der Waals surface area contributed by atoms with Gasteiger partial charge in [-0.1, -0.05) is 104 Å². The van der Waals surface area contributed by atoms with Gasteiger partial charge < -0.3 is 24.0 Å². The number of allylic oxidation sites excluding steroid dienone is 2. The predicted octanol–water partition coefficient (Wildman–Crippen LogP) is 6.86. The topological polar surface area (TPSA) is 47.1 Å². The summed E-state index contributed by atoms with van der Waals surface area (Å²) in [6, 6.07) is 31.1. The van der Waals surface area contributed by atoms with E-state index < -0.39 is 11.9 Å². The number of piperazine rings is 1. The molecule has 6 nitrogen and oxygen atoms in total. The molecule has 0 saturated carbocycles. The van der Waals surface area contributed by atoms with Crippen LogP contribution >= 0.6 is 0 Å². The number of benzene rings is 3. The first-order valence-electron chi connectivity index (χ1n) is 15.4. The molecule has 1 saturated heterocycles. The highest BCUT2D eigenvalue weighted by Crippen LogP contribution is 2.39. The second-order valence-electron chi connectivity index (χ2n) is 11.1. The van der Waals surface area contributed by atoms with Crippen molar-refractivity contribution in [1.82, 2.24) is 9.88 Å². The van der Waals surface area contributed by atoms with Crippen LogP contribution in [0.15, 0.2) is 109 Å². The van der Waals surface area contributed by atoms with Crippen LogP contribution in [-0.4, -0.2) is 61.1 Å². The maximum absolute atomic E-state index is 6.73. The van der Waals surface area contributed by atoms with Crippen molar-refractivity contribution in [3.8, 4) is 0 Å². The highest BCUT2D eigenvalue weighted by atomic mass is 16.7. The number of ether oxygens (including phenoxy) is 3. The molecule has 0 amide bonds. The molecule has 1 unspecified atom stereocenters. The summed E-state index contributed by atoms with van der Waals surface area (Å²) in [4.78, 5) is 10.3. The maximum atomic E-state index is 6.73. The molecule has 0 bridgehead atoms. The third-order valence-corrected chi connectivity index (χ3v) is 8.34. The molecule has 222 valence electrons. The van der Waals surface area contributed by atoms with E-state index in [4.69, 9.17) is 19.2 Å². The maximum Gasteiger partial charge on any atom is 0.220 e. The van der Waals surface area contributed by atoms with Gasteiger partial charge in [0, 0.05) is 43.7 Å². The van der Waals surface area contributed by atoms with Gasteiger partial charge in [-0.15, -0.1) is 0 Å². The van der Waals surface area contributed by atoms with Crippen LogP contribution in [-0.2, 0) is 27.4 Å². The van der Waals surface area contributed by atoms with E-state index in [9.17, 15) is 0 Å². The Morgan fingerprint density at radius 3 is 2.05 bits per heavy atom. The Hall–Kier alpha value is -3.81. The zero-order chi connectivity index (χ0) is 29.5. The lowest BCUT2D eigenvalue weighted by Gasteiger charge is -2.41. The molecule has 0 spiro atoms. The summed E-state index contributed by atoms with van der Waals surface area (Å²) in [5.41, 5.74) is 3.97. The Kier molecular flexibility index (Phi) is 9.30. The van der Waals surface area contributed by atoms with Gasteiger partial charge in [0.05, 0.1) is 18.9 Å². The molecule has 0 radical (unpaired) electrons. The first kappa shape index (κ1) is 29.3. The fourth-order valence-electron chi connectivity index (χ4n) is 5.94. The second kappa shape index (κ2) is 13.7. The zero-order valence-electron chi connectivity index (χ0n) is 25.2. The van der Waals surface area contributed by atoms with E-state index in [1.165, 1.54) is 5.39 Å². The van der Waals surface area contributed by atoms with Crippen molar-refractivity contribution in [3.63, 3.8) is 0 Å². The molecule has 3 aromatic carbocycles. The van der Waals surface area contributed by atoms with Crippen LogP contribution in [0.25, 0.3) is 16.3 Å². The van der Waals surface area contributed by atoms with E-state index in [-0.39, 0.29) is 0 Å². The quantitative estimate of drug-likeness (QED) is 0.182. The summed E-state index contributed by atoms with van der Waals surface area (Å²) in [6.07, 6.45) is 5.60. The number of hydrogen-bond donors (Lipinski definition) is 0. The first-order chi connectivity index (χ1) is 21.2. The number of rotatable bonds is 11. The molecule has 6 rings (SSSR count). The average molecular weight is 576 g/mol. The van der Waals surface area contributed by atoms with Crippen LogP contribution in [0.5, 0.6) is 0 Å². The van der Waals surface area contributed by atoms with Crippen molar-refractivity contribution >= 4 is 22.2 Å². The number of likely N-dealkylation sites (N-methyl/N-ethyl adjacent to an activating group) is 1. The Bertz CT molecular complexity index is 1500. The molecule has 1 atom stereocenters. The van der Waals surface area contributed by atoms with Crippen molar-refractivity contribution in [3.05, 3.63) is 126 Å². The van der Waals surface area contributed by atoms with Crippen LogP contribution in [0.1, 0.15) is 30.7 Å². The van der Waals surface area contributed by atoms with Gasteiger partial charge in [-0.2, -0.15) is 0 Å². The van der Waals surface area contributed by atoms with Crippen molar-refractivity contribution in [2.45, 2.75) is 39.0 Å². The monoisotopic (exact) mass is 575 g/mol. The largest absolute Gasteiger partial charge is 0.368 e. The molecule has 2 aliphatic rings. The number of fused-ring (bicyclic) bond motifs is 1. The van der Waals surface area contributed by atoms with Crippen molar-refractivity contribution in [2.24, 2.45) is 0 Å². The molecule has 1 aromatic heterocycles. The van der Waals surface area contributed by atoms with Gasteiger partial charge >= 0.3 is 0 Å². The van der Waals surface area contributed by atoms with Gasteiger partial charge in [-0.3, -0.25) is 0 Å². The van der Waals surface area contributed by atoms with E-state index in [1.807, 2.05) is 55.5 Å². The van der Waals surface area contributed by atoms with Crippen LogP contribution in [0.4, 0.5) is 5.82 Å². The van der Waals surface area contributed by atoms with Crippen molar-refractivity contribution < 1.29 is 14.2 Å². The number of hydrogen-bond acceptors (Lipinski definition) is 6. The molecule has 1 aliphatic carbocycles. The van der Waals surface area contributed by atoms with Gasteiger partial charge in [-0.05, 0) is 42.1 Å². The number of nitrogens with zero attached hydrogens (tertiary/aromatic N) is 3. The minimum Gasteiger partial charge on any atom is -0.368 e. The summed E-state index contributed by atoms with van der Waals surface area (Å²) in [5.74, 6) is -0.123. The summed E-state index contributed by atoms with van der Waals surface area (Å²) in [7, 11) is 0. The van der Waals surface area contributed by atoms with Gasteiger partial charge in [0.25, 0.3) is 0 Å². The highest BCUT2D eigenvalue weighted by molar-refractivity contribution is 5.94. The van der Waals surface area contributed by atoms with Gasteiger partial charge in [-0.25, -0.2) is 4.98 Å². The van der Waals surface area contributed by atoms with Crippen LogP contribution in [0, 0.1) is 0 Å². The lowest BCUT2D eigenvalue weighted by molar-refractivity contribution is -0.260. The number of aromatic nitrogens is 1. The van der Waals surface area contributed by atoms with Crippen LogP contribution < -0.4 is 4.90 Å². The Morgan fingerprint density at radius 2 is 1.42 bits per heavy atom. The van der Waals surface area contributed by atoms with Crippen LogP contribution in [0.3, 0.4) is 0 Å². The fourth-order valence-corrected chi connectivity index (χ4v) is 5.94. The molecule has 1 fully saturated rings. The summed E-state index contributed by atoms with van der Waals surface area (Å²) >= 11 is 0. The molecule has 1 aliphatic heterocycles. The molecule has 43 heavy (non-hydrogen) atoms. The highest BCUT2D eigenvalue weighted by Gasteiger charge is 2.45. The van der Waals surface area contributed by atoms with Crippen molar-refractivity contribution in [1.29, 1.82) is 0 Å². The van der Waals surface area contributed by atoms with E-state index >= 15 is 0 Å². The number of pyridine rings is 1. The van der Waals surface area contributed by atoms with E-state index in [0.717, 1.165) is 66.3 Å². The van der Waals surface area contributed by atoms with E-state index in [1.54, 1.807) is 0 Å². The average Bonchev–Trinajstić information content (AvgIpc) is 3.08. The molecule has 2 heterocycles. The normalized spacial score (nSPS) is 18.6. The minimum atomic E-state index is -1.15. The standard InChI is InChI=1S/C37H41N3O3/c1-3-39-22-24-40(25-23-39)36-32-19-12-11-18-31(32)26-34(38-36)33-20-13-21-37(35(33)41-4-2,42-27-29-14-7-5-8-15-29)43-28-30-16-9-6-10-17-30/h5-21,26,35H,3-4,22-25,27-28H2,1-2H3. The SMILES string of the molecule is CCOC1C(c2cc3ccccc3c(N3CCN(CC)CC3)n2)=CC=CC1(OCc1ccccc1)OCc1ccccc1. The molecular formula is C37H41N3O3. The summed E-state index contributed by atoms with van der Waals surface area (Å²) < 4.78 is 20.0. The van der Waals surface area contributed by atoms with E-state index in [2.05, 4.69) is 77.4 Å². The van der Waals surface area contributed by atoms with Crippen molar-refractivity contribution in [2.75, 3.05) is 44.2 Å². The zero-order valence-corrected chi connectivity index (χ0v) is 25.2. The van der Waals surface area contributed by atoms with Crippen LogP contribution in [0.2, 0.25) is 0 Å². The number of anilines is 1. The smallest absolute Gasteiger partial charge is 0.220 e. The molecule has 6 heteroatoms. The third kappa shape index (κ3) is 6.58. The van der Waals surface area contributed by atoms with Gasteiger partial charge in [0.15, 0.2) is 0 Å². The van der Waals surface area contributed by atoms with E-state index in [0.29, 0.717) is 19.8 Å². The summed E-state index contributed by atoms with van der Waals surface area (Å²) in [5, 5.41) is 2.33. The van der Waals surface area contributed by atoms with Gasteiger partial charge in [0.2, 0.25) is 5.79 Å². The lowest BCUT2D eigenvalue weighted by atomic mass is 9.91. The molecule has 0 N–H and O–H groups in total. The first-order valence-corrected chi connectivity index (χ1v) is 15.4. The second-order valence-corrected chi connectivity index (χ2v) is 11.1. The minimum absolute atomic E-state index is 0.384. The third-order valence-electron chi connectivity index (χ3n) is 8.34. The van der Waals surface area contributed by atoms with Gasteiger partial charge in [0.1, 0.15) is 11.9 Å². The predicted molar refractivity (Wildman–Crippen MR) is 174 cm³/mol. The summed E-state index contributed by atoms with van der Waals surface area (Å²) in [6.45, 7) is 10.6. The molecular weight excluding hydrogens is 534 g/mol. The molecule has 4 aromatic rings. The Labute approximate surface area is 255 Å².